The van der Waals surface area contributed by atoms with Gasteiger partial charge in [-0.1, -0.05) is 0 Å². The fourth-order valence-electron chi connectivity index (χ4n) is 2.11. The molecule has 0 radical (unpaired) electrons. The van der Waals surface area contributed by atoms with Crippen molar-refractivity contribution >= 4 is 0 Å². The molecule has 5 nitrogen and oxygen atoms in total. The first kappa shape index (κ1) is 13.4. The van der Waals surface area contributed by atoms with Crippen LogP contribution in [-0.4, -0.2) is 21.3 Å². The molecule has 0 aliphatic heterocycles. The van der Waals surface area contributed by atoms with E-state index >= 15 is 0 Å². The Kier molecular flexibility index (Phi) is 4.37. The molecule has 0 bridgehead atoms. The number of aromatic amines is 1. The second-order valence-corrected chi connectivity index (χ2v) is 4.76. The van der Waals surface area contributed by atoms with Crippen LogP contribution in [0, 0.1) is 18.3 Å². The zero-order valence-electron chi connectivity index (χ0n) is 11.4. The first-order valence-electron chi connectivity index (χ1n) is 6.45. The molecule has 0 atom stereocenters. The van der Waals surface area contributed by atoms with E-state index < -0.39 is 0 Å². The Balaban J connectivity index is 1.69. The summed E-state index contributed by atoms with van der Waals surface area (Å²) in [7, 11) is 1.89. The fourth-order valence-corrected chi connectivity index (χ4v) is 2.11. The van der Waals surface area contributed by atoms with Crippen LogP contribution in [0.25, 0.3) is 0 Å². The fraction of sp³-hybridized carbons (Fsp3) is 0.429. The van der Waals surface area contributed by atoms with Crippen molar-refractivity contribution in [3.8, 4) is 6.07 Å². The highest BCUT2D eigenvalue weighted by Crippen LogP contribution is 2.07. The summed E-state index contributed by atoms with van der Waals surface area (Å²) >= 11 is 0. The van der Waals surface area contributed by atoms with Crippen LogP contribution in [0.5, 0.6) is 0 Å². The first-order valence-corrected chi connectivity index (χ1v) is 6.45. The number of nitrogens with one attached hydrogen (secondary N) is 2. The molecule has 2 heterocycles. The third-order valence-corrected chi connectivity index (χ3v) is 3.24. The summed E-state index contributed by atoms with van der Waals surface area (Å²) in [5, 5.41) is 19.2. The van der Waals surface area contributed by atoms with E-state index in [1.807, 2.05) is 37.0 Å². The van der Waals surface area contributed by atoms with Crippen molar-refractivity contribution in [1.82, 2.24) is 20.1 Å². The molecule has 0 aliphatic carbocycles. The normalized spacial score (nSPS) is 10.6. The highest BCUT2D eigenvalue weighted by molar-refractivity contribution is 5.28. The second-order valence-electron chi connectivity index (χ2n) is 4.76. The summed E-state index contributed by atoms with van der Waals surface area (Å²) in [4.78, 5) is 0. The monoisotopic (exact) mass is 257 g/mol. The van der Waals surface area contributed by atoms with Gasteiger partial charge in [-0.25, -0.2) is 0 Å². The molecule has 0 saturated heterocycles. The smallest absolute Gasteiger partial charge is 0.120 e. The number of aryl methyl sites for hydroxylation is 3. The van der Waals surface area contributed by atoms with Crippen molar-refractivity contribution in [1.29, 1.82) is 5.26 Å². The van der Waals surface area contributed by atoms with Gasteiger partial charge in [0, 0.05) is 25.5 Å². The Bertz CT molecular complexity index is 573. The molecule has 2 N–H and O–H groups in total. The maximum atomic E-state index is 8.87. The lowest BCUT2D eigenvalue weighted by atomic mass is 10.1. The van der Waals surface area contributed by atoms with Gasteiger partial charge in [-0.05, 0) is 43.5 Å². The molecule has 19 heavy (non-hydrogen) atoms. The van der Waals surface area contributed by atoms with Gasteiger partial charge in [-0.2, -0.15) is 10.4 Å². The molecule has 100 valence electrons. The largest absolute Gasteiger partial charge is 0.342 e. The van der Waals surface area contributed by atoms with Gasteiger partial charge in [-0.3, -0.25) is 5.10 Å². The number of H-pyrrole nitrogens is 1. The van der Waals surface area contributed by atoms with Crippen LogP contribution in [0.4, 0.5) is 0 Å². The van der Waals surface area contributed by atoms with E-state index in [1.165, 1.54) is 5.56 Å². The van der Waals surface area contributed by atoms with Gasteiger partial charge in [0.2, 0.25) is 0 Å². The van der Waals surface area contributed by atoms with Crippen molar-refractivity contribution in [2.45, 2.75) is 26.3 Å². The highest BCUT2D eigenvalue weighted by Gasteiger charge is 2.02. The van der Waals surface area contributed by atoms with E-state index in [-0.39, 0.29) is 0 Å². The van der Waals surface area contributed by atoms with Crippen molar-refractivity contribution in [2.24, 2.45) is 7.05 Å². The molecule has 0 unspecified atom stereocenters. The van der Waals surface area contributed by atoms with Gasteiger partial charge < -0.3 is 9.88 Å². The lowest BCUT2D eigenvalue weighted by Gasteiger charge is -2.03. The van der Waals surface area contributed by atoms with Crippen LogP contribution in [0.1, 0.15) is 28.9 Å². The van der Waals surface area contributed by atoms with Gasteiger partial charge in [0.25, 0.3) is 0 Å². The van der Waals surface area contributed by atoms with Crippen LogP contribution in [0.3, 0.4) is 0 Å². The van der Waals surface area contributed by atoms with Gasteiger partial charge in [0.1, 0.15) is 11.8 Å². The minimum Gasteiger partial charge on any atom is -0.342 e. The average molecular weight is 257 g/mol. The van der Waals surface area contributed by atoms with Gasteiger partial charge in [-0.15, -0.1) is 0 Å². The second kappa shape index (κ2) is 6.21. The highest BCUT2D eigenvalue weighted by atomic mass is 15.1. The van der Waals surface area contributed by atoms with Gasteiger partial charge in [0.15, 0.2) is 0 Å². The molecule has 0 fully saturated rings. The quantitative estimate of drug-likeness (QED) is 0.773. The average Bonchev–Trinajstić information content (AvgIpc) is 2.95. The lowest BCUT2D eigenvalue weighted by molar-refractivity contribution is 0.648. The van der Waals surface area contributed by atoms with Crippen molar-refractivity contribution in [3.63, 3.8) is 0 Å². The molecule has 0 aromatic carbocycles. The standard InChI is InChI=1S/C14H19N5/c1-11-13(9-17-18-11)4-3-5-16-8-12-6-14(7-15)19(2)10-12/h6,9-10,16H,3-5,8H2,1-2H3,(H,17,18). The van der Waals surface area contributed by atoms with Crippen LogP contribution in [-0.2, 0) is 20.0 Å². The molecule has 0 spiro atoms. The zero-order chi connectivity index (χ0) is 13.7. The minimum atomic E-state index is 0.700. The molecular weight excluding hydrogens is 238 g/mol. The van der Waals surface area contributed by atoms with E-state index in [1.54, 1.807) is 0 Å². The molecule has 0 aliphatic rings. The summed E-state index contributed by atoms with van der Waals surface area (Å²) < 4.78 is 1.85. The summed E-state index contributed by atoms with van der Waals surface area (Å²) in [6.07, 6.45) is 6.00. The Morgan fingerprint density at radius 2 is 2.37 bits per heavy atom. The maximum Gasteiger partial charge on any atom is 0.120 e. The molecule has 2 rings (SSSR count). The van der Waals surface area contributed by atoms with Crippen molar-refractivity contribution in [3.05, 3.63) is 41.0 Å². The van der Waals surface area contributed by atoms with E-state index in [4.69, 9.17) is 5.26 Å². The molecule has 0 saturated carbocycles. The number of rotatable bonds is 6. The Hall–Kier alpha value is -2.06. The molecule has 2 aromatic rings. The molecular formula is C14H19N5. The SMILES string of the molecule is Cc1[nH]ncc1CCCNCc1cc(C#N)n(C)c1. The van der Waals surface area contributed by atoms with E-state index in [9.17, 15) is 0 Å². The predicted octanol–water partition coefficient (Wildman–Crippen LogP) is 1.65. The summed E-state index contributed by atoms with van der Waals surface area (Å²) in [6, 6.07) is 4.09. The molecule has 0 amide bonds. The summed E-state index contributed by atoms with van der Waals surface area (Å²) in [5.74, 6) is 0. The Labute approximate surface area is 113 Å². The number of nitrogens with zero attached hydrogens (tertiary/aromatic N) is 3. The minimum absolute atomic E-state index is 0.700. The van der Waals surface area contributed by atoms with Crippen molar-refractivity contribution < 1.29 is 0 Å². The van der Waals surface area contributed by atoms with E-state index in [2.05, 4.69) is 21.6 Å². The summed E-state index contributed by atoms with van der Waals surface area (Å²) in [5.41, 5.74) is 4.29. The number of hydrogen-bond donors (Lipinski definition) is 2. The maximum absolute atomic E-state index is 8.87. The van der Waals surface area contributed by atoms with Crippen LogP contribution in [0.2, 0.25) is 0 Å². The number of aromatic nitrogens is 3. The third kappa shape index (κ3) is 3.46. The predicted molar refractivity (Wildman–Crippen MR) is 73.5 cm³/mol. The first-order chi connectivity index (χ1) is 9.20. The Morgan fingerprint density at radius 1 is 1.53 bits per heavy atom. The number of nitriles is 1. The topological polar surface area (TPSA) is 69.4 Å². The van der Waals surface area contributed by atoms with Crippen molar-refractivity contribution in [2.75, 3.05) is 6.54 Å². The van der Waals surface area contributed by atoms with E-state index in [0.717, 1.165) is 37.2 Å². The van der Waals surface area contributed by atoms with Crippen LogP contribution < -0.4 is 5.32 Å². The Morgan fingerprint density at radius 3 is 3.00 bits per heavy atom. The zero-order valence-corrected chi connectivity index (χ0v) is 11.4. The third-order valence-electron chi connectivity index (χ3n) is 3.24. The van der Waals surface area contributed by atoms with Crippen LogP contribution in [0.15, 0.2) is 18.5 Å². The van der Waals surface area contributed by atoms with Gasteiger partial charge in [0.05, 0.1) is 6.20 Å². The summed E-state index contributed by atoms with van der Waals surface area (Å²) in [6.45, 7) is 3.81. The van der Waals surface area contributed by atoms with E-state index in [0.29, 0.717) is 5.69 Å². The molecule has 5 heteroatoms. The van der Waals surface area contributed by atoms with Gasteiger partial charge >= 0.3 is 0 Å². The number of hydrogen-bond acceptors (Lipinski definition) is 3. The lowest BCUT2D eigenvalue weighted by Crippen LogP contribution is -2.15. The molecule has 2 aromatic heterocycles. The van der Waals surface area contributed by atoms with Crippen LogP contribution >= 0.6 is 0 Å².